The lowest BCUT2D eigenvalue weighted by atomic mass is 10.2. The molecule has 2 aromatic rings. The molecule has 0 saturated carbocycles. The first-order valence-electron chi connectivity index (χ1n) is 5.95. The maximum Gasteiger partial charge on any atom is 0.142 e. The van der Waals surface area contributed by atoms with Crippen molar-refractivity contribution >= 4 is 28.6 Å². The van der Waals surface area contributed by atoms with Gasteiger partial charge in [0.1, 0.15) is 10.7 Å². The number of anilines is 2. The monoisotopic (exact) mass is 273 g/mol. The molecule has 4 nitrogen and oxygen atoms in total. The Kier molecular flexibility index (Phi) is 4.30. The zero-order valence-electron chi connectivity index (χ0n) is 10.6. The molecule has 2 rings (SSSR count). The van der Waals surface area contributed by atoms with Crippen LogP contribution in [-0.2, 0) is 0 Å². The molecule has 0 spiro atoms. The summed E-state index contributed by atoms with van der Waals surface area (Å²) in [5.41, 5.74) is 7.92. The molecule has 1 heterocycles. The minimum atomic E-state index is 0.279. The number of rotatable bonds is 5. The molecule has 0 saturated heterocycles. The standard InChI is InChI=1S/C14H15N3OS/c1-2-18-13-6-4-3-5-11(13)17-10-7-8-16-12(9-10)14(15)19/h3-9H,2H2,1H3,(H2,15,19)(H,16,17). The van der Waals surface area contributed by atoms with E-state index in [-0.39, 0.29) is 4.99 Å². The predicted octanol–water partition coefficient (Wildman–Crippen LogP) is 2.86. The highest BCUT2D eigenvalue weighted by atomic mass is 32.1. The lowest BCUT2D eigenvalue weighted by Gasteiger charge is -2.12. The van der Waals surface area contributed by atoms with Gasteiger partial charge in [-0.2, -0.15) is 0 Å². The van der Waals surface area contributed by atoms with Gasteiger partial charge in [0.25, 0.3) is 0 Å². The van der Waals surface area contributed by atoms with Crippen molar-refractivity contribution in [2.45, 2.75) is 6.92 Å². The minimum absolute atomic E-state index is 0.279. The van der Waals surface area contributed by atoms with Crippen molar-refractivity contribution in [1.29, 1.82) is 0 Å². The SMILES string of the molecule is CCOc1ccccc1Nc1ccnc(C(N)=S)c1. The highest BCUT2D eigenvalue weighted by molar-refractivity contribution is 7.80. The number of nitrogens with zero attached hydrogens (tertiary/aromatic N) is 1. The fourth-order valence-electron chi connectivity index (χ4n) is 1.65. The maximum absolute atomic E-state index is 5.57. The van der Waals surface area contributed by atoms with Crippen molar-refractivity contribution < 1.29 is 4.74 Å². The molecule has 3 N–H and O–H groups in total. The summed E-state index contributed by atoms with van der Waals surface area (Å²) in [6.45, 7) is 2.57. The van der Waals surface area contributed by atoms with Crippen LogP contribution in [0.1, 0.15) is 12.6 Å². The van der Waals surface area contributed by atoms with Gasteiger partial charge < -0.3 is 15.8 Å². The van der Waals surface area contributed by atoms with E-state index in [9.17, 15) is 0 Å². The van der Waals surface area contributed by atoms with Crippen LogP contribution in [0, 0.1) is 0 Å². The number of hydrogen-bond acceptors (Lipinski definition) is 4. The van der Waals surface area contributed by atoms with Gasteiger partial charge in [-0.3, -0.25) is 4.98 Å². The van der Waals surface area contributed by atoms with Crippen molar-refractivity contribution in [3.8, 4) is 5.75 Å². The van der Waals surface area contributed by atoms with Crippen LogP contribution in [-0.4, -0.2) is 16.6 Å². The van der Waals surface area contributed by atoms with E-state index in [1.807, 2.05) is 43.3 Å². The number of para-hydroxylation sites is 2. The molecule has 0 atom stereocenters. The normalized spacial score (nSPS) is 9.95. The minimum Gasteiger partial charge on any atom is -0.492 e. The number of pyridine rings is 1. The van der Waals surface area contributed by atoms with Gasteiger partial charge in [0.05, 0.1) is 18.0 Å². The van der Waals surface area contributed by atoms with E-state index in [2.05, 4.69) is 10.3 Å². The summed E-state index contributed by atoms with van der Waals surface area (Å²) in [4.78, 5) is 4.38. The zero-order chi connectivity index (χ0) is 13.7. The van der Waals surface area contributed by atoms with E-state index in [1.54, 1.807) is 6.20 Å². The van der Waals surface area contributed by atoms with Gasteiger partial charge in [-0.15, -0.1) is 0 Å². The van der Waals surface area contributed by atoms with Crippen molar-refractivity contribution in [3.05, 3.63) is 48.3 Å². The Labute approximate surface area is 117 Å². The zero-order valence-corrected chi connectivity index (χ0v) is 11.4. The average molecular weight is 273 g/mol. The molecule has 0 aliphatic carbocycles. The Bertz CT molecular complexity index is 586. The van der Waals surface area contributed by atoms with Crippen LogP contribution in [0.15, 0.2) is 42.6 Å². The van der Waals surface area contributed by atoms with Crippen LogP contribution < -0.4 is 15.8 Å². The van der Waals surface area contributed by atoms with Gasteiger partial charge in [0.15, 0.2) is 0 Å². The first-order valence-corrected chi connectivity index (χ1v) is 6.36. The number of nitrogens with one attached hydrogen (secondary N) is 1. The van der Waals surface area contributed by atoms with E-state index in [0.29, 0.717) is 12.3 Å². The van der Waals surface area contributed by atoms with Crippen molar-refractivity contribution in [2.24, 2.45) is 5.73 Å². The number of ether oxygens (including phenoxy) is 1. The molecular weight excluding hydrogens is 258 g/mol. The molecule has 1 aromatic heterocycles. The molecule has 19 heavy (non-hydrogen) atoms. The molecule has 0 bridgehead atoms. The Morgan fingerprint density at radius 1 is 1.37 bits per heavy atom. The molecular formula is C14H15N3OS. The molecule has 5 heteroatoms. The fourth-order valence-corrected chi connectivity index (χ4v) is 1.76. The van der Waals surface area contributed by atoms with Crippen LogP contribution in [0.25, 0.3) is 0 Å². The van der Waals surface area contributed by atoms with E-state index < -0.39 is 0 Å². The fraction of sp³-hybridized carbons (Fsp3) is 0.143. The van der Waals surface area contributed by atoms with E-state index in [0.717, 1.165) is 17.1 Å². The number of nitrogens with two attached hydrogens (primary N) is 1. The van der Waals surface area contributed by atoms with Gasteiger partial charge in [0, 0.05) is 11.9 Å². The quantitative estimate of drug-likeness (QED) is 0.820. The van der Waals surface area contributed by atoms with Gasteiger partial charge in [-0.1, -0.05) is 24.4 Å². The van der Waals surface area contributed by atoms with Crippen LogP contribution in [0.3, 0.4) is 0 Å². The summed E-state index contributed by atoms with van der Waals surface area (Å²) in [6.07, 6.45) is 1.67. The van der Waals surface area contributed by atoms with Crippen LogP contribution in [0.2, 0.25) is 0 Å². The summed E-state index contributed by atoms with van der Waals surface area (Å²) in [5, 5.41) is 3.27. The first kappa shape index (κ1) is 13.3. The summed E-state index contributed by atoms with van der Waals surface area (Å²) >= 11 is 4.92. The highest BCUT2D eigenvalue weighted by Gasteiger charge is 2.04. The lowest BCUT2D eigenvalue weighted by Crippen LogP contribution is -2.11. The molecule has 1 aromatic carbocycles. The average Bonchev–Trinajstić information content (AvgIpc) is 2.41. The van der Waals surface area contributed by atoms with Gasteiger partial charge >= 0.3 is 0 Å². The summed E-state index contributed by atoms with van der Waals surface area (Å²) < 4.78 is 5.56. The number of thiocarbonyl (C=S) groups is 1. The van der Waals surface area contributed by atoms with Gasteiger partial charge in [0.2, 0.25) is 0 Å². The summed E-state index contributed by atoms with van der Waals surface area (Å²) in [6, 6.07) is 11.4. The topological polar surface area (TPSA) is 60.2 Å². The van der Waals surface area contributed by atoms with Crippen LogP contribution in [0.4, 0.5) is 11.4 Å². The third-order valence-corrected chi connectivity index (χ3v) is 2.69. The van der Waals surface area contributed by atoms with Gasteiger partial charge in [-0.25, -0.2) is 0 Å². The van der Waals surface area contributed by atoms with Crippen LogP contribution >= 0.6 is 12.2 Å². The van der Waals surface area contributed by atoms with Crippen molar-refractivity contribution in [1.82, 2.24) is 4.98 Å². The Hall–Kier alpha value is -2.14. The molecule has 98 valence electrons. The second kappa shape index (κ2) is 6.15. The van der Waals surface area contributed by atoms with Crippen LogP contribution in [0.5, 0.6) is 5.75 Å². The molecule has 0 radical (unpaired) electrons. The molecule has 0 amide bonds. The highest BCUT2D eigenvalue weighted by Crippen LogP contribution is 2.27. The molecule has 0 fully saturated rings. The Morgan fingerprint density at radius 3 is 2.89 bits per heavy atom. The maximum atomic E-state index is 5.57. The Morgan fingerprint density at radius 2 is 2.16 bits per heavy atom. The first-order chi connectivity index (χ1) is 9.20. The molecule has 0 unspecified atom stereocenters. The van der Waals surface area contributed by atoms with E-state index in [4.69, 9.17) is 22.7 Å². The third-order valence-electron chi connectivity index (χ3n) is 2.48. The second-order valence-electron chi connectivity index (χ2n) is 3.85. The third kappa shape index (κ3) is 3.42. The van der Waals surface area contributed by atoms with E-state index in [1.165, 1.54) is 0 Å². The van der Waals surface area contributed by atoms with Crippen molar-refractivity contribution in [3.63, 3.8) is 0 Å². The number of benzene rings is 1. The molecule has 0 aliphatic heterocycles. The van der Waals surface area contributed by atoms with Gasteiger partial charge in [-0.05, 0) is 31.2 Å². The largest absolute Gasteiger partial charge is 0.492 e. The smallest absolute Gasteiger partial charge is 0.142 e. The lowest BCUT2D eigenvalue weighted by molar-refractivity contribution is 0.342. The summed E-state index contributed by atoms with van der Waals surface area (Å²) in [7, 11) is 0. The predicted molar refractivity (Wildman–Crippen MR) is 81.0 cm³/mol. The number of aromatic nitrogens is 1. The number of hydrogen-bond donors (Lipinski definition) is 2. The van der Waals surface area contributed by atoms with Crippen molar-refractivity contribution in [2.75, 3.05) is 11.9 Å². The molecule has 0 aliphatic rings. The second-order valence-corrected chi connectivity index (χ2v) is 4.29. The van der Waals surface area contributed by atoms with E-state index >= 15 is 0 Å². The summed E-state index contributed by atoms with van der Waals surface area (Å²) in [5.74, 6) is 0.804. The Balaban J connectivity index is 2.26.